The van der Waals surface area contributed by atoms with Gasteiger partial charge >= 0.3 is 5.97 Å². The molecule has 5 nitrogen and oxygen atoms in total. The van der Waals surface area contributed by atoms with Crippen LogP contribution >= 0.6 is 0 Å². The van der Waals surface area contributed by atoms with E-state index >= 15 is 0 Å². The Bertz CT molecular complexity index is 551. The van der Waals surface area contributed by atoms with Gasteiger partial charge < -0.3 is 20.3 Å². The largest absolute Gasteiger partial charge is 0.508 e. The van der Waals surface area contributed by atoms with Crippen molar-refractivity contribution >= 4 is 5.97 Å². The maximum atomic E-state index is 12.1. The highest BCUT2D eigenvalue weighted by atomic mass is 16.5. The summed E-state index contributed by atoms with van der Waals surface area (Å²) in [4.78, 5) is 12.1. The van der Waals surface area contributed by atoms with E-state index in [2.05, 4.69) is 0 Å². The number of hydrogen-bond donors (Lipinski definition) is 2. The van der Waals surface area contributed by atoms with Gasteiger partial charge in [-0.2, -0.15) is 0 Å². The average Bonchev–Trinajstić information content (AvgIpc) is 2.38. The molecule has 0 aliphatic carbocycles. The van der Waals surface area contributed by atoms with Crippen LogP contribution in [0.5, 0.6) is 11.5 Å². The van der Waals surface area contributed by atoms with Crippen molar-refractivity contribution in [2.75, 3.05) is 6.61 Å². The number of esters is 1. The van der Waals surface area contributed by atoms with Crippen LogP contribution in [-0.4, -0.2) is 17.7 Å². The molecule has 20 heavy (non-hydrogen) atoms. The molecule has 1 heterocycles. The number of hydrogen-bond acceptors (Lipinski definition) is 5. The topological polar surface area (TPSA) is 81.8 Å². The van der Waals surface area contributed by atoms with E-state index in [1.165, 1.54) is 6.07 Å². The molecule has 1 aromatic rings. The van der Waals surface area contributed by atoms with E-state index in [0.29, 0.717) is 11.3 Å². The highest BCUT2D eigenvalue weighted by Gasteiger charge is 2.33. The first-order valence-corrected chi connectivity index (χ1v) is 6.76. The molecule has 2 rings (SSSR count). The van der Waals surface area contributed by atoms with Gasteiger partial charge in [-0.25, -0.2) is 4.79 Å². The van der Waals surface area contributed by atoms with Crippen molar-refractivity contribution in [2.45, 2.75) is 32.6 Å². The third-order valence-electron chi connectivity index (χ3n) is 3.28. The second kappa shape index (κ2) is 5.86. The molecule has 5 heteroatoms. The molecule has 0 radical (unpaired) electrons. The van der Waals surface area contributed by atoms with Crippen LogP contribution in [0.1, 0.15) is 38.2 Å². The van der Waals surface area contributed by atoms with Crippen LogP contribution in [0.25, 0.3) is 0 Å². The number of nitrogens with two attached hydrogens (primary N) is 1. The Labute approximate surface area is 118 Å². The van der Waals surface area contributed by atoms with Gasteiger partial charge in [-0.1, -0.05) is 19.4 Å². The summed E-state index contributed by atoms with van der Waals surface area (Å²) in [5.74, 6) is 0.0472. The molecule has 0 fully saturated rings. The van der Waals surface area contributed by atoms with Gasteiger partial charge in [-0.05, 0) is 19.4 Å². The molecule has 0 amide bonds. The fourth-order valence-corrected chi connectivity index (χ4v) is 2.44. The fourth-order valence-electron chi connectivity index (χ4n) is 2.44. The number of phenolic OH excluding ortho intramolecular Hbond substituents is 1. The lowest BCUT2D eigenvalue weighted by Crippen LogP contribution is -2.26. The first-order chi connectivity index (χ1) is 9.58. The molecular weight excluding hydrogens is 258 g/mol. The second-order valence-corrected chi connectivity index (χ2v) is 4.66. The molecule has 1 aliphatic heterocycles. The molecule has 1 aliphatic rings. The Morgan fingerprint density at radius 1 is 1.45 bits per heavy atom. The number of carbonyl (C=O) groups is 1. The van der Waals surface area contributed by atoms with Gasteiger partial charge in [0.1, 0.15) is 17.1 Å². The summed E-state index contributed by atoms with van der Waals surface area (Å²) < 4.78 is 10.5. The zero-order chi connectivity index (χ0) is 14.7. The van der Waals surface area contributed by atoms with Crippen LogP contribution in [0, 0.1) is 0 Å². The molecule has 1 unspecified atom stereocenters. The van der Waals surface area contributed by atoms with Crippen LogP contribution in [0.3, 0.4) is 0 Å². The summed E-state index contributed by atoms with van der Waals surface area (Å²) in [5.41, 5.74) is 7.09. The minimum Gasteiger partial charge on any atom is -0.508 e. The molecule has 1 atom stereocenters. The van der Waals surface area contributed by atoms with Crippen LogP contribution in [0.4, 0.5) is 0 Å². The Hall–Kier alpha value is -2.17. The zero-order valence-corrected chi connectivity index (χ0v) is 11.7. The normalized spacial score (nSPS) is 17.4. The van der Waals surface area contributed by atoms with Crippen LogP contribution in [-0.2, 0) is 9.53 Å². The van der Waals surface area contributed by atoms with Gasteiger partial charge in [-0.3, -0.25) is 0 Å². The van der Waals surface area contributed by atoms with Crippen molar-refractivity contribution in [1.29, 1.82) is 0 Å². The summed E-state index contributed by atoms with van der Waals surface area (Å²) in [7, 11) is 0. The average molecular weight is 277 g/mol. The van der Waals surface area contributed by atoms with E-state index in [1.54, 1.807) is 19.1 Å². The summed E-state index contributed by atoms with van der Waals surface area (Å²) in [5, 5.41) is 9.52. The predicted octanol–water partition coefficient (Wildman–Crippen LogP) is 2.40. The molecule has 1 aromatic carbocycles. The number of phenols is 1. The smallest absolute Gasteiger partial charge is 0.340 e. The monoisotopic (exact) mass is 277 g/mol. The summed E-state index contributed by atoms with van der Waals surface area (Å²) in [6.07, 6.45) is 1.65. The van der Waals surface area contributed by atoms with Crippen LogP contribution < -0.4 is 10.5 Å². The standard InChI is InChI=1S/C15H19NO4/c1-3-5-11-10-7-6-9(17)8-12(10)20-14(16)13(11)15(18)19-4-2/h6-8,11,17H,3-5,16H2,1-2H3. The van der Waals surface area contributed by atoms with Crippen molar-refractivity contribution in [3.05, 3.63) is 35.2 Å². The third-order valence-corrected chi connectivity index (χ3v) is 3.28. The molecule has 0 aromatic heterocycles. The number of carbonyl (C=O) groups excluding carboxylic acids is 1. The van der Waals surface area contributed by atoms with Gasteiger partial charge in [0.15, 0.2) is 0 Å². The van der Waals surface area contributed by atoms with Gasteiger partial charge in [0.05, 0.1) is 6.61 Å². The minimum atomic E-state index is -0.442. The zero-order valence-electron chi connectivity index (χ0n) is 11.7. The molecule has 3 N–H and O–H groups in total. The van der Waals surface area contributed by atoms with Crippen LogP contribution in [0.2, 0.25) is 0 Å². The summed E-state index contributed by atoms with van der Waals surface area (Å²) in [6, 6.07) is 4.85. The van der Waals surface area contributed by atoms with Crippen molar-refractivity contribution in [1.82, 2.24) is 0 Å². The van der Waals surface area contributed by atoms with E-state index in [9.17, 15) is 9.90 Å². The van der Waals surface area contributed by atoms with Crippen molar-refractivity contribution < 1.29 is 19.4 Å². The summed E-state index contributed by atoms with van der Waals surface area (Å²) in [6.45, 7) is 4.07. The minimum absolute atomic E-state index is 0.0556. The second-order valence-electron chi connectivity index (χ2n) is 4.66. The Morgan fingerprint density at radius 3 is 2.85 bits per heavy atom. The molecule has 0 saturated heterocycles. The number of benzene rings is 1. The van der Waals surface area contributed by atoms with E-state index < -0.39 is 5.97 Å². The van der Waals surface area contributed by atoms with Crippen LogP contribution in [0.15, 0.2) is 29.7 Å². The summed E-state index contributed by atoms with van der Waals surface area (Å²) >= 11 is 0. The maximum absolute atomic E-state index is 12.1. The molecular formula is C15H19NO4. The lowest BCUT2D eigenvalue weighted by atomic mass is 9.85. The first-order valence-electron chi connectivity index (χ1n) is 6.76. The number of aromatic hydroxyl groups is 1. The van der Waals surface area contributed by atoms with E-state index in [0.717, 1.165) is 18.4 Å². The fraction of sp³-hybridized carbons (Fsp3) is 0.400. The number of rotatable bonds is 4. The van der Waals surface area contributed by atoms with Crippen molar-refractivity contribution in [2.24, 2.45) is 5.73 Å². The predicted molar refractivity (Wildman–Crippen MR) is 74.2 cm³/mol. The highest BCUT2D eigenvalue weighted by Crippen LogP contribution is 2.42. The van der Waals surface area contributed by atoms with Gasteiger partial charge in [-0.15, -0.1) is 0 Å². The molecule has 0 saturated carbocycles. The van der Waals surface area contributed by atoms with Gasteiger partial charge in [0.2, 0.25) is 5.88 Å². The van der Waals surface area contributed by atoms with Crippen molar-refractivity contribution in [3.8, 4) is 11.5 Å². The van der Waals surface area contributed by atoms with E-state index in [4.69, 9.17) is 15.2 Å². The van der Waals surface area contributed by atoms with Gasteiger partial charge in [0.25, 0.3) is 0 Å². The Balaban J connectivity index is 2.46. The Morgan fingerprint density at radius 2 is 2.20 bits per heavy atom. The number of fused-ring (bicyclic) bond motifs is 1. The highest BCUT2D eigenvalue weighted by molar-refractivity contribution is 5.91. The molecule has 108 valence electrons. The third kappa shape index (κ3) is 2.57. The maximum Gasteiger partial charge on any atom is 0.340 e. The van der Waals surface area contributed by atoms with Crippen molar-refractivity contribution in [3.63, 3.8) is 0 Å². The lowest BCUT2D eigenvalue weighted by Gasteiger charge is -2.27. The van der Waals surface area contributed by atoms with Gasteiger partial charge in [0, 0.05) is 17.5 Å². The number of ether oxygens (including phenoxy) is 2. The van der Waals surface area contributed by atoms with E-state index in [1.807, 2.05) is 6.92 Å². The molecule has 0 bridgehead atoms. The quantitative estimate of drug-likeness (QED) is 0.826. The lowest BCUT2D eigenvalue weighted by molar-refractivity contribution is -0.139. The SMILES string of the molecule is CCCC1C(C(=O)OCC)=C(N)Oc2cc(O)ccc21. The molecule has 0 spiro atoms. The first kappa shape index (κ1) is 14.2. The van der Waals surface area contributed by atoms with E-state index in [-0.39, 0.29) is 24.2 Å². The Kier molecular flexibility index (Phi) is 4.17.